The maximum absolute atomic E-state index is 12.6. The summed E-state index contributed by atoms with van der Waals surface area (Å²) in [6.45, 7) is 1.13. The van der Waals surface area contributed by atoms with Crippen LogP contribution in [0.2, 0.25) is 0 Å². The Hall–Kier alpha value is -3.28. The van der Waals surface area contributed by atoms with Crippen molar-refractivity contribution in [3.63, 3.8) is 0 Å². The van der Waals surface area contributed by atoms with Gasteiger partial charge in [-0.2, -0.15) is 0 Å². The predicted molar refractivity (Wildman–Crippen MR) is 113 cm³/mol. The van der Waals surface area contributed by atoms with Gasteiger partial charge in [-0.05, 0) is 24.5 Å². The van der Waals surface area contributed by atoms with Gasteiger partial charge >= 0.3 is 0 Å². The lowest BCUT2D eigenvalue weighted by molar-refractivity contribution is -0.130. The summed E-state index contributed by atoms with van der Waals surface area (Å²) >= 11 is 0. The van der Waals surface area contributed by atoms with Gasteiger partial charge in [0.25, 0.3) is 0 Å². The highest BCUT2D eigenvalue weighted by molar-refractivity contribution is 5.94. The second-order valence-electron chi connectivity index (χ2n) is 6.93. The van der Waals surface area contributed by atoms with Crippen LogP contribution in [0.1, 0.15) is 18.4 Å². The number of benzene rings is 2. The largest absolute Gasteiger partial charge is 0.497 e. The summed E-state index contributed by atoms with van der Waals surface area (Å²) in [6.07, 6.45) is 4.69. The van der Waals surface area contributed by atoms with E-state index in [-0.39, 0.29) is 17.7 Å². The number of anilines is 1. The van der Waals surface area contributed by atoms with Crippen molar-refractivity contribution in [1.29, 1.82) is 0 Å². The summed E-state index contributed by atoms with van der Waals surface area (Å²) in [6, 6.07) is 15.0. The molecule has 0 unspecified atom stereocenters. The number of carbonyl (C=O) groups is 2. The Labute approximate surface area is 171 Å². The van der Waals surface area contributed by atoms with Crippen LogP contribution in [0.5, 0.6) is 11.5 Å². The van der Waals surface area contributed by atoms with Crippen molar-refractivity contribution < 1.29 is 19.1 Å². The first kappa shape index (κ1) is 20.5. The molecule has 2 amide bonds. The van der Waals surface area contributed by atoms with Gasteiger partial charge < -0.3 is 19.7 Å². The first-order valence-corrected chi connectivity index (χ1v) is 9.65. The van der Waals surface area contributed by atoms with Gasteiger partial charge in [0.1, 0.15) is 11.5 Å². The van der Waals surface area contributed by atoms with E-state index in [2.05, 4.69) is 5.32 Å². The van der Waals surface area contributed by atoms with E-state index in [1.807, 2.05) is 36.4 Å². The molecule has 1 N–H and O–H groups in total. The zero-order chi connectivity index (χ0) is 20.6. The third-order valence-corrected chi connectivity index (χ3v) is 5.01. The van der Waals surface area contributed by atoms with Gasteiger partial charge in [-0.3, -0.25) is 9.59 Å². The van der Waals surface area contributed by atoms with Gasteiger partial charge in [0, 0.05) is 49.0 Å². The van der Waals surface area contributed by atoms with E-state index in [4.69, 9.17) is 9.47 Å². The molecule has 6 nitrogen and oxygen atoms in total. The van der Waals surface area contributed by atoms with E-state index in [1.165, 1.54) is 0 Å². The zero-order valence-corrected chi connectivity index (χ0v) is 16.8. The van der Waals surface area contributed by atoms with E-state index in [0.717, 1.165) is 5.56 Å². The molecule has 1 heterocycles. The molecule has 1 fully saturated rings. The van der Waals surface area contributed by atoms with E-state index >= 15 is 0 Å². The van der Waals surface area contributed by atoms with E-state index in [1.54, 1.807) is 43.4 Å². The number of rotatable bonds is 6. The van der Waals surface area contributed by atoms with Crippen molar-refractivity contribution in [3.8, 4) is 11.5 Å². The van der Waals surface area contributed by atoms with Crippen LogP contribution < -0.4 is 14.8 Å². The zero-order valence-electron chi connectivity index (χ0n) is 16.8. The third-order valence-electron chi connectivity index (χ3n) is 5.01. The molecule has 0 spiro atoms. The Balaban J connectivity index is 1.53. The molecule has 6 heteroatoms. The number of amides is 2. The number of nitrogens with one attached hydrogen (secondary N) is 1. The number of hydrogen-bond acceptors (Lipinski definition) is 4. The van der Waals surface area contributed by atoms with Crippen LogP contribution in [-0.4, -0.2) is 44.0 Å². The van der Waals surface area contributed by atoms with E-state index < -0.39 is 0 Å². The van der Waals surface area contributed by atoms with Gasteiger partial charge in [0.2, 0.25) is 11.8 Å². The summed E-state index contributed by atoms with van der Waals surface area (Å²) in [5.74, 6) is 1.03. The molecule has 1 aliphatic heterocycles. The summed E-state index contributed by atoms with van der Waals surface area (Å²) in [5, 5.41) is 2.94. The normalized spacial score (nSPS) is 14.6. The Morgan fingerprint density at radius 3 is 2.21 bits per heavy atom. The number of ether oxygens (including phenoxy) is 2. The predicted octanol–water partition coefficient (Wildman–Crippen LogP) is 3.59. The van der Waals surface area contributed by atoms with Gasteiger partial charge in [0.15, 0.2) is 0 Å². The van der Waals surface area contributed by atoms with Gasteiger partial charge in [-0.1, -0.05) is 30.3 Å². The third kappa shape index (κ3) is 5.60. The molecule has 0 aliphatic carbocycles. The molecule has 0 bridgehead atoms. The lowest BCUT2D eigenvalue weighted by Gasteiger charge is -2.30. The molecule has 3 rings (SSSR count). The molecule has 1 aliphatic rings. The molecule has 2 aromatic rings. The number of nitrogens with zero attached hydrogens (tertiary/aromatic N) is 1. The van der Waals surface area contributed by atoms with E-state index in [0.29, 0.717) is 43.1 Å². The van der Waals surface area contributed by atoms with Crippen LogP contribution in [-0.2, 0) is 9.59 Å². The average Bonchev–Trinajstić information content (AvgIpc) is 2.77. The molecular formula is C23H26N2O4. The minimum absolute atomic E-state index is 0.0229. The average molecular weight is 394 g/mol. The molecule has 0 atom stereocenters. The standard InChI is InChI=1S/C23H26N2O4/c1-28-20-14-19(15-21(16-20)29-2)24-23(27)18-10-12-25(13-11-18)22(26)9-8-17-6-4-3-5-7-17/h3-9,14-16,18H,10-13H2,1-2H3,(H,24,27)/b9-8+. The molecule has 1 saturated heterocycles. The SMILES string of the molecule is COc1cc(NC(=O)C2CCN(C(=O)/C=C/c3ccccc3)CC2)cc(OC)c1. The maximum Gasteiger partial charge on any atom is 0.246 e. The Kier molecular flexibility index (Phi) is 6.89. The Bertz CT molecular complexity index is 849. The van der Waals surface area contributed by atoms with Crippen molar-refractivity contribution in [3.05, 3.63) is 60.2 Å². The molecular weight excluding hydrogens is 368 g/mol. The highest BCUT2D eigenvalue weighted by Gasteiger charge is 2.26. The van der Waals surface area contributed by atoms with Gasteiger partial charge in [0.05, 0.1) is 14.2 Å². The Morgan fingerprint density at radius 2 is 1.62 bits per heavy atom. The van der Waals surface area contributed by atoms with Crippen LogP contribution in [0.3, 0.4) is 0 Å². The first-order chi connectivity index (χ1) is 14.1. The monoisotopic (exact) mass is 394 g/mol. The van der Waals surface area contributed by atoms with Gasteiger partial charge in [-0.15, -0.1) is 0 Å². The summed E-state index contributed by atoms with van der Waals surface area (Å²) in [7, 11) is 3.14. The Morgan fingerprint density at radius 1 is 1.00 bits per heavy atom. The van der Waals surface area contributed by atoms with Crippen molar-refractivity contribution in [2.75, 3.05) is 32.6 Å². The summed E-state index contributed by atoms with van der Waals surface area (Å²) < 4.78 is 10.5. The quantitative estimate of drug-likeness (QED) is 0.761. The molecule has 0 radical (unpaired) electrons. The summed E-state index contributed by atoms with van der Waals surface area (Å²) in [4.78, 5) is 26.8. The minimum Gasteiger partial charge on any atom is -0.497 e. The maximum atomic E-state index is 12.6. The van der Waals surface area contributed by atoms with Crippen LogP contribution in [0.15, 0.2) is 54.6 Å². The fourth-order valence-corrected chi connectivity index (χ4v) is 3.32. The number of likely N-dealkylation sites (tertiary alicyclic amines) is 1. The lowest BCUT2D eigenvalue weighted by atomic mass is 9.95. The fraction of sp³-hybridized carbons (Fsp3) is 0.304. The minimum atomic E-state index is -0.130. The number of hydrogen-bond donors (Lipinski definition) is 1. The van der Waals surface area contributed by atoms with Crippen molar-refractivity contribution >= 4 is 23.6 Å². The number of piperidine rings is 1. The fourth-order valence-electron chi connectivity index (χ4n) is 3.32. The highest BCUT2D eigenvalue weighted by atomic mass is 16.5. The van der Waals surface area contributed by atoms with Crippen LogP contribution >= 0.6 is 0 Å². The smallest absolute Gasteiger partial charge is 0.246 e. The molecule has 0 aromatic heterocycles. The number of carbonyl (C=O) groups excluding carboxylic acids is 2. The van der Waals surface area contributed by atoms with Gasteiger partial charge in [-0.25, -0.2) is 0 Å². The van der Waals surface area contributed by atoms with Crippen molar-refractivity contribution in [2.45, 2.75) is 12.8 Å². The number of methoxy groups -OCH3 is 2. The van der Waals surface area contributed by atoms with Crippen LogP contribution in [0, 0.1) is 5.92 Å². The topological polar surface area (TPSA) is 67.9 Å². The van der Waals surface area contributed by atoms with Crippen molar-refractivity contribution in [2.24, 2.45) is 5.92 Å². The lowest BCUT2D eigenvalue weighted by Crippen LogP contribution is -2.40. The van der Waals surface area contributed by atoms with Crippen molar-refractivity contribution in [1.82, 2.24) is 4.90 Å². The molecule has 2 aromatic carbocycles. The molecule has 152 valence electrons. The van der Waals surface area contributed by atoms with Crippen LogP contribution in [0.25, 0.3) is 6.08 Å². The first-order valence-electron chi connectivity index (χ1n) is 9.65. The summed E-state index contributed by atoms with van der Waals surface area (Å²) in [5.41, 5.74) is 1.62. The second-order valence-corrected chi connectivity index (χ2v) is 6.93. The highest BCUT2D eigenvalue weighted by Crippen LogP contribution is 2.27. The van der Waals surface area contributed by atoms with E-state index in [9.17, 15) is 9.59 Å². The second kappa shape index (κ2) is 9.78. The molecule has 29 heavy (non-hydrogen) atoms. The molecule has 0 saturated carbocycles. The van der Waals surface area contributed by atoms with Crippen LogP contribution in [0.4, 0.5) is 5.69 Å².